The Labute approximate surface area is 197 Å². The first-order valence-corrected chi connectivity index (χ1v) is 11.4. The highest BCUT2D eigenvalue weighted by Gasteiger charge is 2.36. The van der Waals surface area contributed by atoms with E-state index < -0.39 is 11.7 Å². The third kappa shape index (κ3) is 5.05. The van der Waals surface area contributed by atoms with Crippen LogP contribution >= 0.6 is 0 Å². The van der Waals surface area contributed by atoms with E-state index in [0.717, 1.165) is 41.9 Å². The number of halogens is 3. The van der Waals surface area contributed by atoms with Crippen molar-refractivity contribution < 1.29 is 13.2 Å². The van der Waals surface area contributed by atoms with E-state index in [-0.39, 0.29) is 5.82 Å². The second-order valence-electron chi connectivity index (χ2n) is 8.12. The van der Waals surface area contributed by atoms with Crippen LogP contribution in [0.15, 0.2) is 42.7 Å². The van der Waals surface area contributed by atoms with Crippen LogP contribution in [0.3, 0.4) is 0 Å². The van der Waals surface area contributed by atoms with Gasteiger partial charge < -0.3 is 14.7 Å². The molecule has 1 aliphatic heterocycles. The first-order valence-electron chi connectivity index (χ1n) is 11.4. The Hall–Kier alpha value is -3.43. The second-order valence-corrected chi connectivity index (χ2v) is 8.12. The number of aromatic nitrogens is 4. The van der Waals surface area contributed by atoms with Crippen LogP contribution < -0.4 is 14.7 Å². The number of alkyl halides is 3. The van der Waals surface area contributed by atoms with Gasteiger partial charge in [-0.15, -0.1) is 0 Å². The summed E-state index contributed by atoms with van der Waals surface area (Å²) >= 11 is 0. The Morgan fingerprint density at radius 3 is 2.26 bits per heavy atom. The standard InChI is InChI=1S/C24H28F3N7/c1-4-32(5-2)23-30-20(18-9-8-17(3)29-16-18)15-21(31-23)33-11-13-34(14-12-33)22-19(24(25,26)27)7-6-10-28-22/h6-10,15-16H,4-5,11-14H2,1-3H3. The van der Waals surface area contributed by atoms with Crippen LogP contribution in [0.1, 0.15) is 25.1 Å². The highest BCUT2D eigenvalue weighted by atomic mass is 19.4. The largest absolute Gasteiger partial charge is 0.419 e. The molecule has 0 radical (unpaired) electrons. The van der Waals surface area contributed by atoms with E-state index in [9.17, 15) is 13.2 Å². The zero-order valence-corrected chi connectivity index (χ0v) is 19.5. The number of pyridine rings is 2. The van der Waals surface area contributed by atoms with E-state index in [0.29, 0.717) is 32.1 Å². The number of hydrogen-bond acceptors (Lipinski definition) is 7. The summed E-state index contributed by atoms with van der Waals surface area (Å²) in [5, 5.41) is 0. The lowest BCUT2D eigenvalue weighted by molar-refractivity contribution is -0.137. The Morgan fingerprint density at radius 2 is 1.65 bits per heavy atom. The lowest BCUT2D eigenvalue weighted by Gasteiger charge is -2.37. The highest BCUT2D eigenvalue weighted by molar-refractivity contribution is 5.65. The second kappa shape index (κ2) is 9.82. The predicted octanol–water partition coefficient (Wildman–Crippen LogP) is 4.43. The summed E-state index contributed by atoms with van der Waals surface area (Å²) in [6.07, 6.45) is -1.24. The molecule has 7 nitrogen and oxygen atoms in total. The minimum Gasteiger partial charge on any atom is -0.353 e. The number of anilines is 3. The molecule has 4 heterocycles. The van der Waals surface area contributed by atoms with Gasteiger partial charge in [0.25, 0.3) is 0 Å². The first-order chi connectivity index (χ1) is 16.3. The molecule has 10 heteroatoms. The molecule has 1 aliphatic rings. The van der Waals surface area contributed by atoms with Gasteiger partial charge in [0.1, 0.15) is 11.6 Å². The van der Waals surface area contributed by atoms with Crippen molar-refractivity contribution in [3.63, 3.8) is 0 Å². The van der Waals surface area contributed by atoms with Gasteiger partial charge in [-0.05, 0) is 45.0 Å². The fourth-order valence-electron chi connectivity index (χ4n) is 4.02. The molecule has 1 fully saturated rings. The van der Waals surface area contributed by atoms with Crippen molar-refractivity contribution in [3.8, 4) is 11.3 Å². The molecule has 1 saturated heterocycles. The molecule has 34 heavy (non-hydrogen) atoms. The number of hydrogen-bond donors (Lipinski definition) is 0. The van der Waals surface area contributed by atoms with Crippen molar-refractivity contribution in [2.75, 3.05) is 54.0 Å². The van der Waals surface area contributed by atoms with Gasteiger partial charge in [0.15, 0.2) is 0 Å². The summed E-state index contributed by atoms with van der Waals surface area (Å²) < 4.78 is 40.4. The monoisotopic (exact) mass is 471 g/mol. The first kappa shape index (κ1) is 23.7. The fourth-order valence-corrected chi connectivity index (χ4v) is 4.02. The van der Waals surface area contributed by atoms with Gasteiger partial charge in [0, 0.05) is 69.0 Å². The zero-order valence-electron chi connectivity index (χ0n) is 19.5. The van der Waals surface area contributed by atoms with Crippen molar-refractivity contribution in [2.45, 2.75) is 26.9 Å². The Morgan fingerprint density at radius 1 is 0.941 bits per heavy atom. The lowest BCUT2D eigenvalue weighted by atomic mass is 10.1. The molecule has 4 rings (SSSR count). The minimum absolute atomic E-state index is 0.0208. The van der Waals surface area contributed by atoms with Gasteiger partial charge in [-0.3, -0.25) is 4.98 Å². The summed E-state index contributed by atoms with van der Waals surface area (Å²) in [5.74, 6) is 1.36. The maximum Gasteiger partial charge on any atom is 0.419 e. The summed E-state index contributed by atoms with van der Waals surface area (Å²) in [6.45, 7) is 9.42. The molecule has 3 aromatic rings. The van der Waals surface area contributed by atoms with E-state index >= 15 is 0 Å². The molecule has 0 atom stereocenters. The van der Waals surface area contributed by atoms with Crippen LogP contribution in [-0.2, 0) is 6.18 Å². The van der Waals surface area contributed by atoms with Crippen LogP contribution in [0, 0.1) is 6.92 Å². The van der Waals surface area contributed by atoms with E-state index in [1.54, 1.807) is 11.1 Å². The number of nitrogens with zero attached hydrogens (tertiary/aromatic N) is 7. The van der Waals surface area contributed by atoms with E-state index in [2.05, 4.69) is 33.6 Å². The molecule has 0 bridgehead atoms. The van der Waals surface area contributed by atoms with Crippen LogP contribution in [0.5, 0.6) is 0 Å². The maximum atomic E-state index is 13.5. The number of rotatable bonds is 6. The van der Waals surface area contributed by atoms with Gasteiger partial charge in [0.05, 0.1) is 11.3 Å². The molecule has 180 valence electrons. The fraction of sp³-hybridized carbons (Fsp3) is 0.417. The van der Waals surface area contributed by atoms with Gasteiger partial charge in [-0.1, -0.05) is 0 Å². The minimum atomic E-state index is -4.44. The summed E-state index contributed by atoms with van der Waals surface area (Å²) in [5.41, 5.74) is 1.88. The summed E-state index contributed by atoms with van der Waals surface area (Å²) in [6, 6.07) is 8.25. The van der Waals surface area contributed by atoms with E-state index in [1.807, 2.05) is 25.1 Å². The molecular formula is C24H28F3N7. The average Bonchev–Trinajstić information content (AvgIpc) is 2.85. The quantitative estimate of drug-likeness (QED) is 0.527. The highest BCUT2D eigenvalue weighted by Crippen LogP contribution is 2.35. The normalized spacial score (nSPS) is 14.4. The predicted molar refractivity (Wildman–Crippen MR) is 127 cm³/mol. The molecule has 0 spiro atoms. The van der Waals surface area contributed by atoms with Crippen molar-refractivity contribution in [1.29, 1.82) is 0 Å². The van der Waals surface area contributed by atoms with E-state index in [1.165, 1.54) is 12.3 Å². The van der Waals surface area contributed by atoms with Crippen molar-refractivity contribution in [3.05, 3.63) is 54.0 Å². The molecule has 0 amide bonds. The average molecular weight is 472 g/mol. The molecule has 0 aromatic carbocycles. The molecule has 0 aliphatic carbocycles. The Balaban J connectivity index is 1.61. The zero-order chi connectivity index (χ0) is 24.3. The molecule has 3 aromatic heterocycles. The van der Waals surface area contributed by atoms with Gasteiger partial charge >= 0.3 is 6.18 Å². The Kier molecular flexibility index (Phi) is 6.85. The van der Waals surface area contributed by atoms with Gasteiger partial charge in [-0.2, -0.15) is 18.2 Å². The maximum absolute atomic E-state index is 13.5. The van der Waals surface area contributed by atoms with Crippen LogP contribution in [0.25, 0.3) is 11.3 Å². The molecular weight excluding hydrogens is 443 g/mol. The third-order valence-corrected chi connectivity index (χ3v) is 5.95. The topological polar surface area (TPSA) is 61.3 Å². The van der Waals surface area contributed by atoms with Crippen LogP contribution in [-0.4, -0.2) is 59.2 Å². The molecule has 0 N–H and O–H groups in total. The van der Waals surface area contributed by atoms with Crippen molar-refractivity contribution >= 4 is 17.6 Å². The SMILES string of the molecule is CCN(CC)c1nc(-c2ccc(C)nc2)cc(N2CCN(c3ncccc3C(F)(F)F)CC2)n1. The smallest absolute Gasteiger partial charge is 0.353 e. The lowest BCUT2D eigenvalue weighted by Crippen LogP contribution is -2.47. The van der Waals surface area contributed by atoms with E-state index in [4.69, 9.17) is 9.97 Å². The summed E-state index contributed by atoms with van der Waals surface area (Å²) in [4.78, 5) is 23.9. The molecule has 0 unspecified atom stereocenters. The third-order valence-electron chi connectivity index (χ3n) is 5.95. The number of aryl methyl sites for hydroxylation is 1. The Bertz CT molecular complexity index is 1110. The van der Waals surface area contributed by atoms with Crippen LogP contribution in [0.2, 0.25) is 0 Å². The van der Waals surface area contributed by atoms with Crippen molar-refractivity contribution in [2.24, 2.45) is 0 Å². The van der Waals surface area contributed by atoms with Gasteiger partial charge in [-0.25, -0.2) is 9.97 Å². The summed E-state index contributed by atoms with van der Waals surface area (Å²) in [7, 11) is 0. The molecule has 0 saturated carbocycles. The van der Waals surface area contributed by atoms with Gasteiger partial charge in [0.2, 0.25) is 5.95 Å². The number of piperazine rings is 1. The van der Waals surface area contributed by atoms with Crippen LogP contribution in [0.4, 0.5) is 30.8 Å². The van der Waals surface area contributed by atoms with Crippen molar-refractivity contribution in [1.82, 2.24) is 19.9 Å².